The van der Waals surface area contributed by atoms with Gasteiger partial charge in [0.2, 0.25) is 12.7 Å². The van der Waals surface area contributed by atoms with Crippen molar-refractivity contribution in [2.45, 2.75) is 12.5 Å². The van der Waals surface area contributed by atoms with E-state index in [1.54, 1.807) is 18.2 Å². The second kappa shape index (κ2) is 5.61. The van der Waals surface area contributed by atoms with Crippen LogP contribution in [0.4, 0.5) is 5.69 Å². The van der Waals surface area contributed by atoms with Gasteiger partial charge >= 0.3 is 0 Å². The van der Waals surface area contributed by atoms with Crippen LogP contribution in [0.25, 0.3) is 0 Å². The Morgan fingerprint density at radius 1 is 1.33 bits per heavy atom. The number of fused-ring (bicyclic) bond motifs is 1. The van der Waals surface area contributed by atoms with Crippen molar-refractivity contribution in [2.24, 2.45) is 0 Å². The summed E-state index contributed by atoms with van der Waals surface area (Å²) in [4.78, 5) is 25.3. The molecule has 2 amide bonds. The van der Waals surface area contributed by atoms with Crippen LogP contribution in [-0.4, -0.2) is 49.8 Å². The first-order valence-electron chi connectivity index (χ1n) is 6.68. The van der Waals surface area contributed by atoms with Crippen LogP contribution in [0.1, 0.15) is 6.42 Å². The third kappa shape index (κ3) is 2.64. The molecule has 2 aliphatic heterocycles. The van der Waals surface area contributed by atoms with Gasteiger partial charge in [0, 0.05) is 18.9 Å². The van der Waals surface area contributed by atoms with Crippen LogP contribution >= 0.6 is 0 Å². The van der Waals surface area contributed by atoms with Gasteiger partial charge in [0.15, 0.2) is 11.5 Å². The molecule has 1 fully saturated rings. The van der Waals surface area contributed by atoms with Crippen molar-refractivity contribution in [1.29, 1.82) is 0 Å². The number of methoxy groups -OCH3 is 1. The maximum Gasteiger partial charge on any atom is 0.252 e. The van der Waals surface area contributed by atoms with E-state index in [0.717, 1.165) is 5.69 Å². The molecule has 1 aromatic carbocycles. The maximum atomic E-state index is 12.2. The normalized spacial score (nSPS) is 20.2. The molecule has 0 bridgehead atoms. The molecule has 1 unspecified atom stereocenters. The number of anilines is 1. The van der Waals surface area contributed by atoms with Crippen LogP contribution in [0.2, 0.25) is 0 Å². The SMILES string of the molecule is COCCN1C(=O)CC(Nc2ccc3c(c2)OCO3)C1=O. The quantitative estimate of drug-likeness (QED) is 0.801. The average molecular weight is 292 g/mol. The summed E-state index contributed by atoms with van der Waals surface area (Å²) < 4.78 is 15.4. The van der Waals surface area contributed by atoms with Crippen molar-refractivity contribution in [3.63, 3.8) is 0 Å². The smallest absolute Gasteiger partial charge is 0.252 e. The molecule has 1 aromatic rings. The van der Waals surface area contributed by atoms with E-state index in [9.17, 15) is 9.59 Å². The number of nitrogens with zero attached hydrogens (tertiary/aromatic N) is 1. The van der Waals surface area contributed by atoms with Gasteiger partial charge in [-0.1, -0.05) is 0 Å². The van der Waals surface area contributed by atoms with E-state index in [1.165, 1.54) is 12.0 Å². The molecule has 0 saturated carbocycles. The molecule has 0 aliphatic carbocycles. The molecule has 7 heteroatoms. The minimum Gasteiger partial charge on any atom is -0.454 e. The van der Waals surface area contributed by atoms with Crippen LogP contribution < -0.4 is 14.8 Å². The lowest BCUT2D eigenvalue weighted by molar-refractivity contribution is -0.139. The Morgan fingerprint density at radius 3 is 2.95 bits per heavy atom. The largest absolute Gasteiger partial charge is 0.454 e. The van der Waals surface area contributed by atoms with Crippen LogP contribution in [0.3, 0.4) is 0 Å². The summed E-state index contributed by atoms with van der Waals surface area (Å²) >= 11 is 0. The number of imide groups is 1. The number of amides is 2. The highest BCUT2D eigenvalue weighted by Gasteiger charge is 2.38. The fourth-order valence-electron chi connectivity index (χ4n) is 2.40. The van der Waals surface area contributed by atoms with E-state index in [0.29, 0.717) is 18.1 Å². The Kier molecular flexibility index (Phi) is 3.66. The van der Waals surface area contributed by atoms with Crippen molar-refractivity contribution in [1.82, 2.24) is 4.90 Å². The summed E-state index contributed by atoms with van der Waals surface area (Å²) in [5.41, 5.74) is 0.721. The van der Waals surface area contributed by atoms with Crippen molar-refractivity contribution in [3.05, 3.63) is 18.2 Å². The molecule has 1 saturated heterocycles. The van der Waals surface area contributed by atoms with Gasteiger partial charge in [-0.25, -0.2) is 0 Å². The molecule has 0 spiro atoms. The lowest BCUT2D eigenvalue weighted by Crippen LogP contribution is -2.36. The van der Waals surface area contributed by atoms with E-state index in [2.05, 4.69) is 5.32 Å². The van der Waals surface area contributed by atoms with Crippen LogP contribution in [0.15, 0.2) is 18.2 Å². The first-order chi connectivity index (χ1) is 10.2. The highest BCUT2D eigenvalue weighted by atomic mass is 16.7. The number of nitrogens with one attached hydrogen (secondary N) is 1. The second-order valence-electron chi connectivity index (χ2n) is 4.85. The van der Waals surface area contributed by atoms with Crippen LogP contribution in [0, 0.1) is 0 Å². The van der Waals surface area contributed by atoms with E-state index in [4.69, 9.17) is 14.2 Å². The molecule has 0 aromatic heterocycles. The number of carbonyl (C=O) groups excluding carboxylic acids is 2. The van der Waals surface area contributed by atoms with E-state index in [-0.39, 0.29) is 31.6 Å². The number of hydrogen-bond donors (Lipinski definition) is 1. The molecule has 3 rings (SSSR count). The van der Waals surface area contributed by atoms with Gasteiger partial charge in [-0.05, 0) is 12.1 Å². The molecular weight excluding hydrogens is 276 g/mol. The van der Waals surface area contributed by atoms with Crippen LogP contribution in [0.5, 0.6) is 11.5 Å². The number of ether oxygens (including phenoxy) is 3. The highest BCUT2D eigenvalue weighted by Crippen LogP contribution is 2.34. The molecule has 0 radical (unpaired) electrons. The Balaban J connectivity index is 1.68. The Bertz CT molecular complexity index is 574. The third-order valence-corrected chi connectivity index (χ3v) is 3.48. The topological polar surface area (TPSA) is 77.1 Å². The zero-order valence-corrected chi connectivity index (χ0v) is 11.6. The van der Waals surface area contributed by atoms with Gasteiger partial charge in [-0.2, -0.15) is 0 Å². The molecule has 1 atom stereocenters. The van der Waals surface area contributed by atoms with Crippen LogP contribution in [-0.2, 0) is 14.3 Å². The van der Waals surface area contributed by atoms with Crippen molar-refractivity contribution < 1.29 is 23.8 Å². The van der Waals surface area contributed by atoms with Gasteiger partial charge < -0.3 is 19.5 Å². The Morgan fingerprint density at radius 2 is 2.14 bits per heavy atom. The van der Waals surface area contributed by atoms with Crippen molar-refractivity contribution in [3.8, 4) is 11.5 Å². The summed E-state index contributed by atoms with van der Waals surface area (Å²) in [6, 6.07) is 4.78. The number of likely N-dealkylation sites (tertiary alicyclic amines) is 1. The number of hydrogen-bond acceptors (Lipinski definition) is 6. The summed E-state index contributed by atoms with van der Waals surface area (Å²) in [6.07, 6.45) is 0.150. The summed E-state index contributed by atoms with van der Waals surface area (Å²) in [6.45, 7) is 0.826. The highest BCUT2D eigenvalue weighted by molar-refractivity contribution is 6.06. The molecule has 1 N–H and O–H groups in total. The summed E-state index contributed by atoms with van der Waals surface area (Å²) in [5, 5.41) is 3.07. The molecule has 2 heterocycles. The minimum atomic E-state index is -0.547. The predicted octanol–water partition coefficient (Wildman–Crippen LogP) is 0.601. The van der Waals surface area contributed by atoms with Crippen molar-refractivity contribution >= 4 is 17.5 Å². The predicted molar refractivity (Wildman–Crippen MR) is 73.2 cm³/mol. The minimum absolute atomic E-state index is 0.150. The lowest BCUT2D eigenvalue weighted by Gasteiger charge is -2.15. The van der Waals surface area contributed by atoms with E-state index >= 15 is 0 Å². The molecule has 2 aliphatic rings. The van der Waals surface area contributed by atoms with Gasteiger partial charge in [0.1, 0.15) is 6.04 Å². The average Bonchev–Trinajstić information content (AvgIpc) is 3.03. The molecule has 112 valence electrons. The Labute approximate surface area is 121 Å². The zero-order valence-electron chi connectivity index (χ0n) is 11.6. The van der Waals surface area contributed by atoms with Gasteiger partial charge in [0.05, 0.1) is 19.6 Å². The monoisotopic (exact) mass is 292 g/mol. The van der Waals surface area contributed by atoms with Gasteiger partial charge in [-0.15, -0.1) is 0 Å². The maximum absolute atomic E-state index is 12.2. The number of carbonyl (C=O) groups is 2. The molecule has 21 heavy (non-hydrogen) atoms. The van der Waals surface area contributed by atoms with Gasteiger partial charge in [0.25, 0.3) is 5.91 Å². The molecular formula is C14H16N2O5. The fraction of sp³-hybridized carbons (Fsp3) is 0.429. The number of benzene rings is 1. The van der Waals surface area contributed by atoms with E-state index < -0.39 is 6.04 Å². The Hall–Kier alpha value is -2.28. The van der Waals surface area contributed by atoms with Gasteiger partial charge in [-0.3, -0.25) is 14.5 Å². The number of rotatable bonds is 5. The van der Waals surface area contributed by atoms with E-state index in [1.807, 2.05) is 0 Å². The summed E-state index contributed by atoms with van der Waals surface area (Å²) in [5.74, 6) is 0.897. The second-order valence-corrected chi connectivity index (χ2v) is 4.85. The fourth-order valence-corrected chi connectivity index (χ4v) is 2.40. The third-order valence-electron chi connectivity index (χ3n) is 3.48. The zero-order chi connectivity index (χ0) is 14.8. The first-order valence-corrected chi connectivity index (χ1v) is 6.68. The molecule has 7 nitrogen and oxygen atoms in total. The first kappa shape index (κ1) is 13.7. The standard InChI is InChI=1S/C14H16N2O5/c1-19-5-4-16-13(17)7-10(14(16)18)15-9-2-3-11-12(6-9)21-8-20-11/h2-3,6,10,15H,4-5,7-8H2,1H3. The lowest BCUT2D eigenvalue weighted by atomic mass is 10.2. The van der Waals surface area contributed by atoms with Crippen molar-refractivity contribution in [2.75, 3.05) is 32.4 Å². The summed E-state index contributed by atoms with van der Waals surface area (Å²) in [7, 11) is 1.54.